The van der Waals surface area contributed by atoms with Gasteiger partial charge in [0.25, 0.3) is 0 Å². The van der Waals surface area contributed by atoms with Crippen molar-refractivity contribution in [3.05, 3.63) is 84.7 Å². The maximum Gasteiger partial charge on any atom is 0.407 e. The van der Waals surface area contributed by atoms with Gasteiger partial charge in [-0.05, 0) is 58.6 Å². The third-order valence-electron chi connectivity index (χ3n) is 10.7. The van der Waals surface area contributed by atoms with Crippen LogP contribution in [0.25, 0.3) is 44.4 Å². The lowest BCUT2D eigenvalue weighted by atomic mass is 9.93. The van der Waals surface area contributed by atoms with E-state index in [-0.39, 0.29) is 36.2 Å². The number of nitrogens with one attached hydrogen (secondary N) is 4. The van der Waals surface area contributed by atoms with Crippen molar-refractivity contribution in [3.8, 4) is 33.6 Å². The van der Waals surface area contributed by atoms with E-state index >= 15 is 0 Å². The summed E-state index contributed by atoms with van der Waals surface area (Å²) in [6.07, 6.45) is 4.69. The van der Waals surface area contributed by atoms with Gasteiger partial charge < -0.3 is 39.9 Å². The zero-order chi connectivity index (χ0) is 41.5. The first kappa shape index (κ1) is 41.5. The number of hydrogen-bond donors (Lipinski definition) is 4. The monoisotopic (exact) mass is 790 g/mol. The third kappa shape index (κ3) is 9.01. The molecule has 306 valence electrons. The predicted octanol–water partition coefficient (Wildman–Crippen LogP) is 7.45. The normalized spacial score (nSPS) is 15.1. The zero-order valence-corrected chi connectivity index (χ0v) is 34.3. The van der Waals surface area contributed by atoms with Crippen molar-refractivity contribution >= 4 is 34.8 Å². The number of nitrogens with zero attached hydrogens (tertiary/aromatic N) is 4. The Labute approximate surface area is 339 Å². The first-order valence-electron chi connectivity index (χ1n) is 19.9. The molecule has 3 aromatic carbocycles. The number of methoxy groups -OCH3 is 2. The number of H-pyrrole nitrogens is 2. The summed E-state index contributed by atoms with van der Waals surface area (Å²) in [4.78, 5) is 71.0. The average Bonchev–Trinajstić information content (AvgIpc) is 4.02. The Morgan fingerprint density at radius 1 is 0.793 bits per heavy atom. The molecule has 0 spiro atoms. The Bertz CT molecular complexity index is 2230. The van der Waals surface area contributed by atoms with E-state index in [0.29, 0.717) is 24.7 Å². The molecule has 14 nitrogen and oxygen atoms in total. The largest absolute Gasteiger partial charge is 0.453 e. The van der Waals surface area contributed by atoms with Gasteiger partial charge in [0, 0.05) is 18.7 Å². The highest BCUT2D eigenvalue weighted by Crippen LogP contribution is 2.38. The number of hydrogen-bond acceptors (Lipinski definition) is 8. The molecule has 1 aliphatic heterocycles. The number of fused-ring (bicyclic) bond motifs is 1. The van der Waals surface area contributed by atoms with Gasteiger partial charge in [0.05, 0.1) is 50.6 Å². The molecule has 4 amide bonds. The van der Waals surface area contributed by atoms with Crippen LogP contribution in [-0.2, 0) is 25.6 Å². The van der Waals surface area contributed by atoms with Gasteiger partial charge in [0.15, 0.2) is 0 Å². The van der Waals surface area contributed by atoms with Crippen molar-refractivity contribution in [1.29, 1.82) is 0 Å². The van der Waals surface area contributed by atoms with Crippen LogP contribution >= 0.6 is 0 Å². The SMILES string of the molecule is CCCN(Cc1ncc(-c2ccc(-c3ccc(-c4cnc([C@@H]5CCCN5C(=O)[C@@H](NC(=O)OC)C(C)C)[nH]4)c4ccccc34)cc2)[nH]1)C(=O)[C@@H](NC(=O)OC)C(C)C. The lowest BCUT2D eigenvalue weighted by Crippen LogP contribution is -2.51. The molecule has 0 aliphatic carbocycles. The summed E-state index contributed by atoms with van der Waals surface area (Å²) >= 11 is 0. The molecule has 0 saturated carbocycles. The van der Waals surface area contributed by atoms with Gasteiger partial charge in [-0.3, -0.25) is 9.59 Å². The molecular weight excluding hydrogens is 737 g/mol. The van der Waals surface area contributed by atoms with Gasteiger partial charge in [0.1, 0.15) is 23.7 Å². The second kappa shape index (κ2) is 18.4. The number of aromatic nitrogens is 4. The fraction of sp³-hybridized carbons (Fsp3) is 0.409. The Hall–Kier alpha value is -6.18. The number of ether oxygens (including phenoxy) is 2. The highest BCUT2D eigenvalue weighted by atomic mass is 16.5. The number of carbonyl (C=O) groups excluding carboxylic acids is 4. The number of benzene rings is 3. The molecule has 0 bridgehead atoms. The summed E-state index contributed by atoms with van der Waals surface area (Å²) in [6, 6.07) is 19.1. The molecule has 14 heteroatoms. The molecule has 3 atom stereocenters. The number of likely N-dealkylation sites (tertiary alicyclic amines) is 1. The maximum absolute atomic E-state index is 13.7. The number of alkyl carbamates (subject to hydrolysis) is 2. The van der Waals surface area contributed by atoms with Crippen LogP contribution in [0.4, 0.5) is 9.59 Å². The minimum atomic E-state index is -0.718. The first-order chi connectivity index (χ1) is 27.9. The van der Waals surface area contributed by atoms with Crippen LogP contribution in [0, 0.1) is 11.8 Å². The molecule has 2 aromatic heterocycles. The molecule has 4 N–H and O–H groups in total. The third-order valence-corrected chi connectivity index (χ3v) is 10.7. The van der Waals surface area contributed by atoms with Crippen molar-refractivity contribution in [1.82, 2.24) is 40.4 Å². The summed E-state index contributed by atoms with van der Waals surface area (Å²) < 4.78 is 9.54. The minimum absolute atomic E-state index is 0.118. The van der Waals surface area contributed by atoms with Crippen molar-refractivity contribution in [2.24, 2.45) is 11.8 Å². The molecule has 1 aliphatic rings. The summed E-state index contributed by atoms with van der Waals surface area (Å²) in [5.41, 5.74) is 5.77. The fourth-order valence-electron chi connectivity index (χ4n) is 7.65. The van der Waals surface area contributed by atoms with E-state index in [0.717, 1.165) is 63.7 Å². The van der Waals surface area contributed by atoms with E-state index in [2.05, 4.69) is 74.1 Å². The maximum atomic E-state index is 13.7. The first-order valence-corrected chi connectivity index (χ1v) is 19.9. The van der Waals surface area contributed by atoms with Gasteiger partial charge in [-0.15, -0.1) is 0 Å². The number of aromatic amines is 2. The highest BCUT2D eigenvalue weighted by Gasteiger charge is 2.37. The van der Waals surface area contributed by atoms with Crippen molar-refractivity contribution < 1.29 is 28.7 Å². The Balaban J connectivity index is 1.20. The smallest absolute Gasteiger partial charge is 0.407 e. The van der Waals surface area contributed by atoms with Gasteiger partial charge in [-0.2, -0.15) is 0 Å². The second-order valence-corrected chi connectivity index (χ2v) is 15.4. The van der Waals surface area contributed by atoms with Crippen LogP contribution < -0.4 is 10.6 Å². The topological polar surface area (TPSA) is 175 Å². The van der Waals surface area contributed by atoms with E-state index < -0.39 is 24.3 Å². The molecule has 0 radical (unpaired) electrons. The van der Waals surface area contributed by atoms with Crippen LogP contribution in [-0.4, -0.2) is 93.1 Å². The number of amides is 4. The Morgan fingerprint density at radius 2 is 1.40 bits per heavy atom. The van der Waals surface area contributed by atoms with Crippen LogP contribution in [0.5, 0.6) is 0 Å². The molecule has 58 heavy (non-hydrogen) atoms. The lowest BCUT2D eigenvalue weighted by molar-refractivity contribution is -0.136. The predicted molar refractivity (Wildman–Crippen MR) is 222 cm³/mol. The quantitative estimate of drug-likeness (QED) is 0.0898. The molecule has 1 saturated heterocycles. The molecule has 3 heterocycles. The van der Waals surface area contributed by atoms with Crippen molar-refractivity contribution in [3.63, 3.8) is 0 Å². The molecule has 1 fully saturated rings. The van der Waals surface area contributed by atoms with Crippen molar-refractivity contribution in [2.45, 2.75) is 78.6 Å². The molecular formula is C44H54N8O6. The highest BCUT2D eigenvalue weighted by molar-refractivity contribution is 6.04. The summed E-state index contributed by atoms with van der Waals surface area (Å²) in [6.45, 7) is 11.0. The standard InChI is InChI=1S/C44H54N8O6/c1-8-21-51(41(53)38(26(2)3)49-43(55)57-6)25-37-45-23-34(47-37)29-17-15-28(16-18-29)30-19-20-33(32-13-10-9-12-31(30)32)35-24-46-40(48-35)36-14-11-22-52(36)42(54)39(27(4)5)50-44(56)58-7/h9-10,12-13,15-20,23-24,26-27,36,38-39H,8,11,14,21-22,25H2,1-7H3,(H,45,47)(H,46,48)(H,49,55)(H,50,56)/t36-,38-,39-/m0/s1. The van der Waals surface area contributed by atoms with Crippen LogP contribution in [0.15, 0.2) is 73.1 Å². The van der Waals surface area contributed by atoms with Gasteiger partial charge in [-0.1, -0.05) is 95.3 Å². The van der Waals surface area contributed by atoms with Gasteiger partial charge in [0.2, 0.25) is 11.8 Å². The van der Waals surface area contributed by atoms with Crippen LogP contribution in [0.3, 0.4) is 0 Å². The fourth-order valence-corrected chi connectivity index (χ4v) is 7.65. The Morgan fingerprint density at radius 3 is 2.03 bits per heavy atom. The van der Waals surface area contributed by atoms with Crippen LogP contribution in [0.1, 0.15) is 71.6 Å². The van der Waals surface area contributed by atoms with E-state index in [1.54, 1.807) is 11.1 Å². The van der Waals surface area contributed by atoms with Crippen LogP contribution in [0.2, 0.25) is 0 Å². The zero-order valence-electron chi connectivity index (χ0n) is 34.3. The second-order valence-electron chi connectivity index (χ2n) is 15.4. The van der Waals surface area contributed by atoms with Crippen molar-refractivity contribution in [2.75, 3.05) is 27.3 Å². The summed E-state index contributed by atoms with van der Waals surface area (Å²) in [5.74, 6) is 0.783. The minimum Gasteiger partial charge on any atom is -0.453 e. The number of rotatable bonds is 14. The molecule has 6 rings (SSSR count). The molecule has 5 aromatic rings. The summed E-state index contributed by atoms with van der Waals surface area (Å²) in [5, 5.41) is 7.53. The number of carbonyl (C=O) groups is 4. The van der Waals surface area contributed by atoms with E-state index in [4.69, 9.17) is 14.5 Å². The van der Waals surface area contributed by atoms with E-state index in [9.17, 15) is 19.2 Å². The van der Waals surface area contributed by atoms with Gasteiger partial charge in [-0.25, -0.2) is 19.6 Å². The number of imidazole rings is 2. The van der Waals surface area contributed by atoms with E-state index in [1.807, 2.05) is 57.8 Å². The summed E-state index contributed by atoms with van der Waals surface area (Å²) in [7, 11) is 2.57. The lowest BCUT2D eigenvalue weighted by Gasteiger charge is -2.30. The average molecular weight is 791 g/mol. The Kier molecular flexibility index (Phi) is 13.1. The van der Waals surface area contributed by atoms with Gasteiger partial charge >= 0.3 is 12.2 Å². The molecule has 0 unspecified atom stereocenters. The van der Waals surface area contributed by atoms with E-state index in [1.165, 1.54) is 14.2 Å².